The van der Waals surface area contributed by atoms with Gasteiger partial charge >= 0.3 is 0 Å². The molecule has 1 heterocycles. The predicted molar refractivity (Wildman–Crippen MR) is 114 cm³/mol. The van der Waals surface area contributed by atoms with Crippen LogP contribution in [-0.4, -0.2) is 40.0 Å². The first-order valence-electron chi connectivity index (χ1n) is 9.48. The summed E-state index contributed by atoms with van der Waals surface area (Å²) in [6.07, 6.45) is 2.02. The lowest BCUT2D eigenvalue weighted by Gasteiger charge is -2.22. The first kappa shape index (κ1) is 19.4. The van der Waals surface area contributed by atoms with Crippen LogP contribution in [0, 0.1) is 0 Å². The zero-order valence-corrected chi connectivity index (χ0v) is 17.6. The molecular weight excluding hydrogens is 432 g/mol. The Morgan fingerprint density at radius 2 is 1.83 bits per heavy atom. The van der Waals surface area contributed by atoms with E-state index < -0.39 is 0 Å². The van der Waals surface area contributed by atoms with Gasteiger partial charge in [0.15, 0.2) is 0 Å². The second kappa shape index (κ2) is 8.21. The maximum atomic E-state index is 13.1. The van der Waals surface area contributed by atoms with Crippen molar-refractivity contribution >= 4 is 27.7 Å². The molecule has 0 atom stereocenters. The molecule has 1 aliphatic rings. The van der Waals surface area contributed by atoms with Crippen LogP contribution in [0.3, 0.4) is 0 Å². The van der Waals surface area contributed by atoms with Crippen molar-refractivity contribution in [3.63, 3.8) is 0 Å². The van der Waals surface area contributed by atoms with E-state index in [1.54, 1.807) is 25.2 Å². The number of hydrogen-bond acceptors (Lipinski definition) is 3. The number of halogens is 1. The van der Waals surface area contributed by atoms with E-state index in [2.05, 4.69) is 31.4 Å². The highest BCUT2D eigenvalue weighted by Gasteiger charge is 2.33. The van der Waals surface area contributed by atoms with Gasteiger partial charge in [0.05, 0.1) is 5.69 Å². The van der Waals surface area contributed by atoms with Crippen LogP contribution in [-0.2, 0) is 6.54 Å². The van der Waals surface area contributed by atoms with Crippen LogP contribution in [0.15, 0.2) is 59.1 Å². The Morgan fingerprint density at radius 3 is 2.45 bits per heavy atom. The summed E-state index contributed by atoms with van der Waals surface area (Å²) in [6.45, 7) is 0.504. The van der Waals surface area contributed by atoms with Gasteiger partial charge in [-0.1, -0.05) is 40.2 Å². The molecule has 7 heteroatoms. The molecule has 6 nitrogen and oxygen atoms in total. The van der Waals surface area contributed by atoms with Gasteiger partial charge in [-0.05, 0) is 48.7 Å². The van der Waals surface area contributed by atoms with Crippen LogP contribution in [0.4, 0.5) is 0 Å². The van der Waals surface area contributed by atoms with Crippen molar-refractivity contribution in [3.05, 3.63) is 75.9 Å². The summed E-state index contributed by atoms with van der Waals surface area (Å²) in [7, 11) is 1.61. The van der Waals surface area contributed by atoms with Gasteiger partial charge in [-0.3, -0.25) is 14.7 Å². The van der Waals surface area contributed by atoms with Crippen molar-refractivity contribution in [1.29, 1.82) is 0 Å². The number of H-pyrrole nitrogens is 1. The molecule has 0 spiro atoms. The van der Waals surface area contributed by atoms with Gasteiger partial charge in [-0.15, -0.1) is 0 Å². The highest BCUT2D eigenvalue weighted by atomic mass is 79.9. The molecule has 0 radical (unpaired) electrons. The first-order valence-corrected chi connectivity index (χ1v) is 10.3. The van der Waals surface area contributed by atoms with Crippen LogP contribution >= 0.6 is 15.9 Å². The van der Waals surface area contributed by atoms with E-state index in [4.69, 9.17) is 0 Å². The Balaban J connectivity index is 1.51. The molecule has 4 rings (SSSR count). The van der Waals surface area contributed by atoms with Gasteiger partial charge in [0.1, 0.15) is 5.69 Å². The van der Waals surface area contributed by atoms with E-state index >= 15 is 0 Å². The Labute approximate surface area is 177 Å². The van der Waals surface area contributed by atoms with Crippen LogP contribution < -0.4 is 5.32 Å². The molecule has 1 aliphatic carbocycles. The third-order valence-corrected chi connectivity index (χ3v) is 5.52. The topological polar surface area (TPSA) is 78.1 Å². The molecule has 0 unspecified atom stereocenters. The summed E-state index contributed by atoms with van der Waals surface area (Å²) in [5.41, 5.74) is 3.77. The van der Waals surface area contributed by atoms with Gasteiger partial charge in [0.2, 0.25) is 0 Å². The highest BCUT2D eigenvalue weighted by molar-refractivity contribution is 9.10. The number of carbonyl (C=O) groups excluding carboxylic acids is 2. The number of amides is 2. The van der Waals surface area contributed by atoms with E-state index in [1.807, 2.05) is 41.3 Å². The lowest BCUT2D eigenvalue weighted by molar-refractivity contribution is 0.0723. The molecule has 2 N–H and O–H groups in total. The van der Waals surface area contributed by atoms with E-state index in [0.717, 1.165) is 34.1 Å². The van der Waals surface area contributed by atoms with Gasteiger partial charge in [-0.2, -0.15) is 5.10 Å². The molecule has 148 valence electrons. The normalized spacial score (nSPS) is 13.2. The molecule has 0 bridgehead atoms. The number of carbonyl (C=O) groups is 2. The Bertz CT molecular complexity index is 1020. The van der Waals surface area contributed by atoms with Crippen LogP contribution in [0.2, 0.25) is 0 Å². The largest absolute Gasteiger partial charge is 0.355 e. The summed E-state index contributed by atoms with van der Waals surface area (Å²) >= 11 is 3.43. The number of aromatic amines is 1. The number of hydrogen-bond donors (Lipinski definition) is 2. The van der Waals surface area contributed by atoms with E-state index in [9.17, 15) is 9.59 Å². The van der Waals surface area contributed by atoms with Gasteiger partial charge in [0, 0.05) is 35.2 Å². The molecule has 0 aliphatic heterocycles. The maximum Gasteiger partial charge on any atom is 0.272 e. The molecule has 2 aromatic carbocycles. The second-order valence-electron chi connectivity index (χ2n) is 7.11. The Kier molecular flexibility index (Phi) is 5.49. The smallest absolute Gasteiger partial charge is 0.272 e. The third-order valence-electron chi connectivity index (χ3n) is 4.99. The maximum absolute atomic E-state index is 13.1. The minimum atomic E-state index is -0.121. The fraction of sp³-hybridized carbons (Fsp3) is 0.227. The molecule has 2 amide bonds. The predicted octanol–water partition coefficient (Wildman–Crippen LogP) is 4.00. The van der Waals surface area contributed by atoms with Gasteiger partial charge in [-0.25, -0.2) is 0 Å². The molecule has 29 heavy (non-hydrogen) atoms. The first-order chi connectivity index (χ1) is 14.0. The summed E-state index contributed by atoms with van der Waals surface area (Å²) in [6, 6.07) is 17.2. The van der Waals surface area contributed by atoms with Gasteiger partial charge in [0.25, 0.3) is 11.8 Å². The average Bonchev–Trinajstić information content (AvgIpc) is 3.47. The standard InChI is InChI=1S/C22H21BrN4O2/c1-24-21(28)16-4-2-14(3-5-16)13-27(18-10-11-18)22(29)20-12-19(25-26-20)15-6-8-17(23)9-7-15/h2-9,12,18H,10-11,13H2,1H3,(H,24,28)(H,25,26). The molecule has 0 saturated heterocycles. The van der Waals surface area contributed by atoms with Crippen LogP contribution in [0.5, 0.6) is 0 Å². The van der Waals surface area contributed by atoms with Crippen LogP contribution in [0.25, 0.3) is 11.3 Å². The molecule has 3 aromatic rings. The highest BCUT2D eigenvalue weighted by Crippen LogP contribution is 2.30. The lowest BCUT2D eigenvalue weighted by Crippen LogP contribution is -2.32. The fourth-order valence-electron chi connectivity index (χ4n) is 3.21. The van der Waals surface area contributed by atoms with E-state index in [0.29, 0.717) is 17.8 Å². The van der Waals surface area contributed by atoms with Crippen molar-refractivity contribution in [2.24, 2.45) is 0 Å². The van der Waals surface area contributed by atoms with E-state index in [1.165, 1.54) is 0 Å². The fourth-order valence-corrected chi connectivity index (χ4v) is 3.47. The van der Waals surface area contributed by atoms with E-state index in [-0.39, 0.29) is 17.9 Å². The Morgan fingerprint density at radius 1 is 1.14 bits per heavy atom. The minimum absolute atomic E-state index is 0.0567. The van der Waals surface area contributed by atoms with Crippen molar-refractivity contribution < 1.29 is 9.59 Å². The minimum Gasteiger partial charge on any atom is -0.355 e. The number of nitrogens with zero attached hydrogens (tertiary/aromatic N) is 2. The van der Waals surface area contributed by atoms with Gasteiger partial charge < -0.3 is 10.2 Å². The second-order valence-corrected chi connectivity index (χ2v) is 8.03. The molecule has 1 fully saturated rings. The zero-order chi connectivity index (χ0) is 20.4. The van der Waals surface area contributed by atoms with Crippen molar-refractivity contribution in [2.45, 2.75) is 25.4 Å². The summed E-state index contributed by atoms with van der Waals surface area (Å²) in [5, 5.41) is 9.82. The number of nitrogens with one attached hydrogen (secondary N) is 2. The number of aromatic nitrogens is 2. The summed E-state index contributed by atoms with van der Waals surface area (Å²) in [4.78, 5) is 26.7. The molecule has 1 saturated carbocycles. The zero-order valence-electron chi connectivity index (χ0n) is 16.0. The Hall–Kier alpha value is -2.93. The van der Waals surface area contributed by atoms with Crippen molar-refractivity contribution in [1.82, 2.24) is 20.4 Å². The SMILES string of the molecule is CNC(=O)c1ccc(CN(C(=O)c2cc(-c3ccc(Br)cc3)n[nH]2)C2CC2)cc1. The molecule has 1 aromatic heterocycles. The summed E-state index contributed by atoms with van der Waals surface area (Å²) < 4.78 is 0.996. The van der Waals surface area contributed by atoms with Crippen molar-refractivity contribution in [3.8, 4) is 11.3 Å². The van der Waals surface area contributed by atoms with Crippen molar-refractivity contribution in [2.75, 3.05) is 7.05 Å². The monoisotopic (exact) mass is 452 g/mol. The summed E-state index contributed by atoms with van der Waals surface area (Å²) in [5.74, 6) is -0.177. The van der Waals surface area contributed by atoms with Crippen LogP contribution in [0.1, 0.15) is 39.3 Å². The average molecular weight is 453 g/mol. The quantitative estimate of drug-likeness (QED) is 0.592. The molecular formula is C22H21BrN4O2. The third kappa shape index (κ3) is 4.40. The number of benzene rings is 2. The lowest BCUT2D eigenvalue weighted by atomic mass is 10.1. The number of rotatable bonds is 6.